The summed E-state index contributed by atoms with van der Waals surface area (Å²) in [5.41, 5.74) is 2.15. The second-order valence-corrected chi connectivity index (χ2v) is 6.57. The maximum Gasteiger partial charge on any atom is 0.303 e. The van der Waals surface area contributed by atoms with E-state index in [1.807, 2.05) is 19.1 Å². The SMILES string of the molecule is CCC(=O)O.COc1cc2cc(C)n(C(=O)c3ccc(Cl)cc3)c2cc1Cl. The molecule has 0 radical (unpaired) electrons. The monoisotopic (exact) mass is 407 g/mol. The highest BCUT2D eigenvalue weighted by Crippen LogP contribution is 2.32. The van der Waals surface area contributed by atoms with E-state index in [2.05, 4.69) is 0 Å². The number of fused-ring (bicyclic) bond motifs is 1. The smallest absolute Gasteiger partial charge is 0.303 e. The minimum atomic E-state index is -0.745. The van der Waals surface area contributed by atoms with Gasteiger partial charge in [0.1, 0.15) is 5.75 Å². The molecule has 0 amide bonds. The van der Waals surface area contributed by atoms with Crippen LogP contribution in [-0.2, 0) is 4.79 Å². The first kappa shape index (κ1) is 20.8. The lowest BCUT2D eigenvalue weighted by molar-refractivity contribution is -0.136. The zero-order valence-corrected chi connectivity index (χ0v) is 16.6. The maximum absolute atomic E-state index is 12.8. The summed E-state index contributed by atoms with van der Waals surface area (Å²) in [7, 11) is 1.57. The summed E-state index contributed by atoms with van der Waals surface area (Å²) in [5.74, 6) is -0.277. The number of rotatable bonds is 3. The van der Waals surface area contributed by atoms with Crippen molar-refractivity contribution in [3.63, 3.8) is 0 Å². The Hall–Kier alpha value is -2.50. The Labute approximate surface area is 167 Å². The topological polar surface area (TPSA) is 68.5 Å². The van der Waals surface area contributed by atoms with Gasteiger partial charge in [-0.15, -0.1) is 0 Å². The summed E-state index contributed by atoms with van der Waals surface area (Å²) in [6.45, 7) is 3.48. The van der Waals surface area contributed by atoms with Gasteiger partial charge in [-0.3, -0.25) is 14.2 Å². The molecule has 0 saturated heterocycles. The molecule has 0 fully saturated rings. The fraction of sp³-hybridized carbons (Fsp3) is 0.200. The molecule has 3 aromatic rings. The highest BCUT2D eigenvalue weighted by molar-refractivity contribution is 6.33. The molecule has 0 saturated carbocycles. The van der Waals surface area contributed by atoms with E-state index in [1.165, 1.54) is 0 Å². The fourth-order valence-corrected chi connectivity index (χ4v) is 2.86. The average Bonchev–Trinajstić information content (AvgIpc) is 2.96. The first-order chi connectivity index (χ1) is 12.8. The van der Waals surface area contributed by atoms with Crippen LogP contribution in [0.3, 0.4) is 0 Å². The van der Waals surface area contributed by atoms with Crippen LogP contribution in [0.4, 0.5) is 0 Å². The number of nitrogens with zero attached hydrogens (tertiary/aromatic N) is 1. The van der Waals surface area contributed by atoms with Crippen LogP contribution in [0, 0.1) is 6.92 Å². The first-order valence-electron chi connectivity index (χ1n) is 8.16. The number of aryl methyl sites for hydroxylation is 1. The van der Waals surface area contributed by atoms with Crippen LogP contribution < -0.4 is 4.74 Å². The number of hydrogen-bond donors (Lipinski definition) is 1. The highest BCUT2D eigenvalue weighted by atomic mass is 35.5. The molecule has 3 rings (SSSR count). The maximum atomic E-state index is 12.8. The number of aromatic nitrogens is 1. The Bertz CT molecular complexity index is 978. The van der Waals surface area contributed by atoms with Crippen LogP contribution in [0.25, 0.3) is 10.9 Å². The van der Waals surface area contributed by atoms with Crippen LogP contribution in [0.5, 0.6) is 5.75 Å². The van der Waals surface area contributed by atoms with Gasteiger partial charge in [-0.05, 0) is 49.4 Å². The molecule has 0 bridgehead atoms. The predicted molar refractivity (Wildman–Crippen MR) is 107 cm³/mol. The van der Waals surface area contributed by atoms with Crippen LogP contribution in [0.2, 0.25) is 10.0 Å². The van der Waals surface area contributed by atoms with Crippen molar-refractivity contribution < 1.29 is 19.4 Å². The number of carboxylic acids is 1. The molecule has 1 heterocycles. The predicted octanol–water partition coefficient (Wildman–Crippen LogP) is 5.43. The van der Waals surface area contributed by atoms with Gasteiger partial charge in [0.05, 0.1) is 17.6 Å². The average molecular weight is 408 g/mol. The van der Waals surface area contributed by atoms with Gasteiger partial charge in [0, 0.05) is 28.1 Å². The number of halogens is 2. The van der Waals surface area contributed by atoms with Gasteiger partial charge in [-0.25, -0.2) is 0 Å². The molecule has 0 unspecified atom stereocenters. The molecule has 0 spiro atoms. The van der Waals surface area contributed by atoms with Crippen molar-refractivity contribution in [1.29, 1.82) is 0 Å². The Kier molecular flexibility index (Phi) is 6.88. The zero-order chi connectivity index (χ0) is 20.1. The number of benzene rings is 2. The Morgan fingerprint density at radius 1 is 1.11 bits per heavy atom. The lowest BCUT2D eigenvalue weighted by atomic mass is 10.2. The molecular weight excluding hydrogens is 389 g/mol. The van der Waals surface area contributed by atoms with E-state index in [1.54, 1.807) is 48.9 Å². The number of carbonyl (C=O) groups excluding carboxylic acids is 1. The van der Waals surface area contributed by atoms with Gasteiger partial charge < -0.3 is 9.84 Å². The van der Waals surface area contributed by atoms with E-state index in [4.69, 9.17) is 33.0 Å². The summed E-state index contributed by atoms with van der Waals surface area (Å²) in [5, 5.41) is 9.69. The van der Waals surface area contributed by atoms with Gasteiger partial charge in [-0.1, -0.05) is 30.1 Å². The lowest BCUT2D eigenvalue weighted by Crippen LogP contribution is -2.13. The van der Waals surface area contributed by atoms with Gasteiger partial charge in [0.2, 0.25) is 0 Å². The molecule has 0 aliphatic heterocycles. The van der Waals surface area contributed by atoms with Crippen molar-refractivity contribution in [2.24, 2.45) is 0 Å². The minimum Gasteiger partial charge on any atom is -0.495 e. The van der Waals surface area contributed by atoms with Crippen molar-refractivity contribution >= 4 is 46.0 Å². The van der Waals surface area contributed by atoms with Crippen molar-refractivity contribution in [3.8, 4) is 5.75 Å². The normalized spacial score (nSPS) is 10.3. The van der Waals surface area contributed by atoms with Crippen molar-refractivity contribution in [2.45, 2.75) is 20.3 Å². The van der Waals surface area contributed by atoms with E-state index in [9.17, 15) is 9.59 Å². The summed E-state index contributed by atoms with van der Waals surface area (Å²) < 4.78 is 6.86. The van der Waals surface area contributed by atoms with Crippen molar-refractivity contribution in [3.05, 3.63) is 63.8 Å². The Morgan fingerprint density at radius 3 is 2.22 bits per heavy atom. The zero-order valence-electron chi connectivity index (χ0n) is 15.1. The van der Waals surface area contributed by atoms with Crippen molar-refractivity contribution in [2.75, 3.05) is 7.11 Å². The Balaban J connectivity index is 0.000000465. The largest absolute Gasteiger partial charge is 0.495 e. The lowest BCUT2D eigenvalue weighted by Gasteiger charge is -2.08. The van der Waals surface area contributed by atoms with Crippen molar-refractivity contribution in [1.82, 2.24) is 4.57 Å². The molecule has 27 heavy (non-hydrogen) atoms. The summed E-state index contributed by atoms with van der Waals surface area (Å²) in [6.07, 6.45) is 0.222. The number of carboxylic acid groups (broad SMARTS) is 1. The number of methoxy groups -OCH3 is 1. The summed E-state index contributed by atoms with van der Waals surface area (Å²) in [4.78, 5) is 22.1. The number of aliphatic carboxylic acids is 1. The van der Waals surface area contributed by atoms with Crippen LogP contribution in [0.15, 0.2) is 42.5 Å². The third kappa shape index (κ3) is 4.81. The van der Waals surface area contributed by atoms with Crippen LogP contribution in [0.1, 0.15) is 29.4 Å². The fourth-order valence-electron chi connectivity index (χ4n) is 2.50. The van der Waals surface area contributed by atoms with Gasteiger partial charge >= 0.3 is 5.97 Å². The minimum absolute atomic E-state index is 0.120. The molecule has 1 N–H and O–H groups in total. The van der Waals surface area contributed by atoms with Gasteiger partial charge in [0.25, 0.3) is 5.91 Å². The van der Waals surface area contributed by atoms with Crippen LogP contribution >= 0.6 is 23.2 Å². The molecular formula is C20H19Cl2NO4. The molecule has 142 valence electrons. The molecule has 1 aromatic heterocycles. The molecule has 7 heteroatoms. The van der Waals surface area contributed by atoms with E-state index >= 15 is 0 Å². The molecule has 0 atom stereocenters. The van der Waals surface area contributed by atoms with Gasteiger partial charge in [-0.2, -0.15) is 0 Å². The third-order valence-corrected chi connectivity index (χ3v) is 4.40. The Morgan fingerprint density at radius 2 is 1.70 bits per heavy atom. The second-order valence-electron chi connectivity index (χ2n) is 5.73. The van der Waals surface area contributed by atoms with Crippen LogP contribution in [-0.4, -0.2) is 28.7 Å². The van der Waals surface area contributed by atoms with E-state index in [0.717, 1.165) is 16.6 Å². The third-order valence-electron chi connectivity index (χ3n) is 3.86. The quantitative estimate of drug-likeness (QED) is 0.627. The standard InChI is InChI=1S/C17H13Cl2NO2.C3H6O2/c1-10-7-12-8-16(22-2)14(19)9-15(12)20(10)17(21)11-3-5-13(18)6-4-11;1-2-3(4)5/h3-9H,1-2H3;2H2,1H3,(H,4,5). The van der Waals surface area contributed by atoms with Gasteiger partial charge in [0.15, 0.2) is 0 Å². The molecule has 0 aliphatic rings. The molecule has 5 nitrogen and oxygen atoms in total. The molecule has 2 aromatic carbocycles. The second kappa shape index (κ2) is 8.93. The van der Waals surface area contributed by atoms with E-state index < -0.39 is 5.97 Å². The summed E-state index contributed by atoms with van der Waals surface area (Å²) >= 11 is 12.1. The first-order valence-corrected chi connectivity index (χ1v) is 8.91. The summed E-state index contributed by atoms with van der Waals surface area (Å²) in [6, 6.07) is 12.3. The molecule has 0 aliphatic carbocycles. The number of ether oxygens (including phenoxy) is 1. The highest BCUT2D eigenvalue weighted by Gasteiger charge is 2.16. The van der Waals surface area contributed by atoms with E-state index in [-0.39, 0.29) is 12.3 Å². The van der Waals surface area contributed by atoms with E-state index in [0.29, 0.717) is 21.4 Å². The number of carbonyl (C=O) groups is 2. The number of hydrogen-bond acceptors (Lipinski definition) is 3.